The monoisotopic (exact) mass is 374 g/mol. The van der Waals surface area contributed by atoms with Crippen molar-refractivity contribution in [2.24, 2.45) is 0 Å². The molecule has 0 bridgehead atoms. The molecule has 4 nitrogen and oxygen atoms in total. The van der Waals surface area contributed by atoms with Crippen molar-refractivity contribution in [2.75, 3.05) is 6.54 Å². The van der Waals surface area contributed by atoms with E-state index in [0.717, 1.165) is 10.0 Å². The van der Waals surface area contributed by atoms with Crippen LogP contribution in [0.5, 0.6) is 0 Å². The van der Waals surface area contributed by atoms with E-state index in [1.807, 2.05) is 37.3 Å². The highest BCUT2D eigenvalue weighted by molar-refractivity contribution is 9.10. The third kappa shape index (κ3) is 5.21. The number of benzene rings is 2. The first-order chi connectivity index (χ1) is 11.1. The molecule has 1 atom stereocenters. The normalized spacial score (nSPS) is 11.6. The molecule has 2 N–H and O–H groups in total. The molecule has 0 saturated heterocycles. The lowest BCUT2D eigenvalue weighted by atomic mass is 10.1. The maximum Gasteiger partial charge on any atom is 0.251 e. The van der Waals surface area contributed by atoms with E-state index >= 15 is 0 Å². The van der Waals surface area contributed by atoms with Gasteiger partial charge >= 0.3 is 0 Å². The van der Waals surface area contributed by atoms with Crippen LogP contribution in [-0.2, 0) is 4.79 Å². The molecule has 2 amide bonds. The Morgan fingerprint density at radius 2 is 1.70 bits per heavy atom. The summed E-state index contributed by atoms with van der Waals surface area (Å²) < 4.78 is 0.963. The predicted octanol–water partition coefficient (Wildman–Crippen LogP) is 3.45. The second kappa shape index (κ2) is 8.48. The van der Waals surface area contributed by atoms with Gasteiger partial charge in [-0.15, -0.1) is 0 Å². The van der Waals surface area contributed by atoms with Gasteiger partial charge in [-0.05, 0) is 30.7 Å². The fourth-order valence-electron chi connectivity index (χ4n) is 2.20. The highest BCUT2D eigenvalue weighted by Gasteiger charge is 2.12. The second-order valence-corrected chi connectivity index (χ2v) is 6.04. The van der Waals surface area contributed by atoms with Crippen LogP contribution in [0.25, 0.3) is 0 Å². The number of hydrogen-bond acceptors (Lipinski definition) is 2. The summed E-state index contributed by atoms with van der Waals surface area (Å²) in [5.41, 5.74) is 1.61. The number of carbonyl (C=O) groups is 2. The third-order valence-corrected chi connectivity index (χ3v) is 4.14. The molecule has 0 saturated carbocycles. The second-order valence-electron chi connectivity index (χ2n) is 5.18. The molecule has 2 rings (SSSR count). The summed E-state index contributed by atoms with van der Waals surface area (Å²) in [5.74, 6) is -0.265. The van der Waals surface area contributed by atoms with Gasteiger partial charge in [-0.25, -0.2) is 0 Å². The fraction of sp³-hybridized carbons (Fsp3) is 0.222. The van der Waals surface area contributed by atoms with Gasteiger partial charge in [0.25, 0.3) is 5.91 Å². The molecule has 5 heteroatoms. The summed E-state index contributed by atoms with van der Waals surface area (Å²) in [5, 5.41) is 5.68. The van der Waals surface area contributed by atoms with Crippen LogP contribution >= 0.6 is 15.9 Å². The van der Waals surface area contributed by atoms with Crippen molar-refractivity contribution < 1.29 is 9.59 Å². The molecule has 120 valence electrons. The standard InChI is InChI=1S/C18H19BrN2O2/c1-13(15-9-5-6-10-16(15)19)21-17(22)11-12-20-18(23)14-7-3-2-4-8-14/h2-10,13H,11-12H2,1H3,(H,20,23)(H,21,22). The lowest BCUT2D eigenvalue weighted by molar-refractivity contribution is -0.121. The number of carbonyl (C=O) groups excluding carboxylic acids is 2. The Kier molecular flexibility index (Phi) is 6.35. The van der Waals surface area contributed by atoms with E-state index in [2.05, 4.69) is 26.6 Å². The predicted molar refractivity (Wildman–Crippen MR) is 94.1 cm³/mol. The molecule has 0 heterocycles. The number of rotatable bonds is 6. The molecule has 0 aliphatic rings. The van der Waals surface area contributed by atoms with Gasteiger partial charge in [0.2, 0.25) is 5.91 Å². The Balaban J connectivity index is 1.77. The van der Waals surface area contributed by atoms with Crippen molar-refractivity contribution in [1.29, 1.82) is 0 Å². The Labute approximate surface area is 144 Å². The molecule has 0 aromatic heterocycles. The van der Waals surface area contributed by atoms with Crippen LogP contribution in [0.1, 0.15) is 35.3 Å². The van der Waals surface area contributed by atoms with Gasteiger partial charge in [-0.3, -0.25) is 9.59 Å². The summed E-state index contributed by atoms with van der Waals surface area (Å²) >= 11 is 3.48. The third-order valence-electron chi connectivity index (χ3n) is 3.42. The van der Waals surface area contributed by atoms with Crippen LogP contribution in [0.3, 0.4) is 0 Å². The maximum atomic E-state index is 12.0. The first kappa shape index (κ1) is 17.2. The highest BCUT2D eigenvalue weighted by Crippen LogP contribution is 2.22. The van der Waals surface area contributed by atoms with Gasteiger partial charge in [-0.1, -0.05) is 52.3 Å². The van der Waals surface area contributed by atoms with Crippen molar-refractivity contribution in [3.8, 4) is 0 Å². The smallest absolute Gasteiger partial charge is 0.251 e. The Hall–Kier alpha value is -2.14. The van der Waals surface area contributed by atoms with E-state index in [-0.39, 0.29) is 24.3 Å². The molecule has 0 fully saturated rings. The molecule has 0 radical (unpaired) electrons. The summed E-state index contributed by atoms with van der Waals surface area (Å²) in [6.07, 6.45) is 0.243. The lowest BCUT2D eigenvalue weighted by Crippen LogP contribution is -2.32. The zero-order valence-corrected chi connectivity index (χ0v) is 14.5. The van der Waals surface area contributed by atoms with Gasteiger partial charge in [0, 0.05) is 23.0 Å². The Morgan fingerprint density at radius 3 is 2.39 bits per heavy atom. The van der Waals surface area contributed by atoms with Gasteiger partial charge in [0.15, 0.2) is 0 Å². The van der Waals surface area contributed by atoms with Crippen LogP contribution < -0.4 is 10.6 Å². The van der Waals surface area contributed by atoms with Crippen molar-refractivity contribution >= 4 is 27.7 Å². The molecule has 23 heavy (non-hydrogen) atoms. The van der Waals surface area contributed by atoms with Crippen molar-refractivity contribution in [2.45, 2.75) is 19.4 Å². The average molecular weight is 375 g/mol. The minimum Gasteiger partial charge on any atom is -0.352 e. The van der Waals surface area contributed by atoms with E-state index in [9.17, 15) is 9.59 Å². The molecule has 0 aliphatic carbocycles. The fourth-order valence-corrected chi connectivity index (χ4v) is 2.83. The molecule has 2 aromatic carbocycles. The first-order valence-corrected chi connectivity index (χ1v) is 8.24. The Morgan fingerprint density at radius 1 is 1.04 bits per heavy atom. The van der Waals surface area contributed by atoms with E-state index in [0.29, 0.717) is 12.1 Å². The van der Waals surface area contributed by atoms with E-state index < -0.39 is 0 Å². The quantitative estimate of drug-likeness (QED) is 0.813. The molecular weight excluding hydrogens is 356 g/mol. The van der Waals surface area contributed by atoms with Gasteiger partial charge in [-0.2, -0.15) is 0 Å². The zero-order chi connectivity index (χ0) is 16.7. The summed E-state index contributed by atoms with van der Waals surface area (Å²) in [4.78, 5) is 23.8. The highest BCUT2D eigenvalue weighted by atomic mass is 79.9. The van der Waals surface area contributed by atoms with Crippen LogP contribution in [-0.4, -0.2) is 18.4 Å². The van der Waals surface area contributed by atoms with Gasteiger partial charge in [0.1, 0.15) is 0 Å². The van der Waals surface area contributed by atoms with Crippen LogP contribution in [0.4, 0.5) is 0 Å². The van der Waals surface area contributed by atoms with Gasteiger partial charge in [0.05, 0.1) is 6.04 Å². The van der Waals surface area contributed by atoms with E-state index in [1.54, 1.807) is 24.3 Å². The van der Waals surface area contributed by atoms with Crippen molar-refractivity contribution in [3.63, 3.8) is 0 Å². The van der Waals surface area contributed by atoms with Crippen LogP contribution in [0.2, 0.25) is 0 Å². The van der Waals surface area contributed by atoms with Gasteiger partial charge < -0.3 is 10.6 Å². The lowest BCUT2D eigenvalue weighted by Gasteiger charge is -2.16. The van der Waals surface area contributed by atoms with E-state index in [1.165, 1.54) is 0 Å². The number of amides is 2. The summed E-state index contributed by atoms with van der Waals surface area (Å²) in [7, 11) is 0. The van der Waals surface area contributed by atoms with E-state index in [4.69, 9.17) is 0 Å². The van der Waals surface area contributed by atoms with Crippen LogP contribution in [0.15, 0.2) is 59.1 Å². The largest absolute Gasteiger partial charge is 0.352 e. The first-order valence-electron chi connectivity index (χ1n) is 7.45. The molecule has 2 aromatic rings. The molecule has 0 spiro atoms. The topological polar surface area (TPSA) is 58.2 Å². The number of halogens is 1. The average Bonchev–Trinajstić information content (AvgIpc) is 2.55. The van der Waals surface area contributed by atoms with Crippen molar-refractivity contribution in [3.05, 3.63) is 70.2 Å². The number of nitrogens with one attached hydrogen (secondary N) is 2. The minimum absolute atomic E-state index is 0.0945. The Bertz CT molecular complexity index is 674. The summed E-state index contributed by atoms with van der Waals surface area (Å²) in [6.45, 7) is 2.24. The van der Waals surface area contributed by atoms with Crippen LogP contribution in [0, 0.1) is 0 Å². The SMILES string of the molecule is CC(NC(=O)CCNC(=O)c1ccccc1)c1ccccc1Br. The summed E-state index contributed by atoms with van der Waals surface area (Å²) in [6, 6.07) is 16.6. The zero-order valence-electron chi connectivity index (χ0n) is 12.9. The maximum absolute atomic E-state index is 12.0. The molecular formula is C18H19BrN2O2. The van der Waals surface area contributed by atoms with Crippen molar-refractivity contribution in [1.82, 2.24) is 10.6 Å². The molecule has 0 aliphatic heterocycles. The number of hydrogen-bond donors (Lipinski definition) is 2. The molecule has 1 unspecified atom stereocenters. The minimum atomic E-state index is -0.169.